The van der Waals surface area contributed by atoms with Crippen molar-refractivity contribution in [3.8, 4) is 0 Å². The smallest absolute Gasteiger partial charge is 0.129 e. The van der Waals surface area contributed by atoms with Crippen LogP contribution in [0.2, 0.25) is 0 Å². The Labute approximate surface area is 117 Å². The Morgan fingerprint density at radius 3 is 2.22 bits per heavy atom. The van der Waals surface area contributed by atoms with Crippen molar-refractivity contribution in [3.05, 3.63) is 35.4 Å². The number of hydrogen-bond donors (Lipinski definition) is 0. The second-order valence-electron chi connectivity index (χ2n) is 4.97. The number of alkyl halides is 1. The van der Waals surface area contributed by atoms with Gasteiger partial charge in [0.25, 0.3) is 0 Å². The first kappa shape index (κ1) is 15.6. The van der Waals surface area contributed by atoms with E-state index >= 15 is 0 Å². The molecule has 0 radical (unpaired) electrons. The molecule has 0 aliphatic rings. The van der Waals surface area contributed by atoms with Crippen LogP contribution in [0.15, 0.2) is 18.2 Å². The van der Waals surface area contributed by atoms with Gasteiger partial charge in [-0.25, -0.2) is 8.78 Å². The minimum absolute atomic E-state index is 0.0426. The standard InChI is InChI=1S/C15H21BrF2/c1-3-5-9-15(4-2,11-16)10-12-13(17)7-6-8-14(12)18/h6-8H,3-5,9-11H2,1-2H3. The molecule has 0 amide bonds. The second kappa shape index (κ2) is 7.22. The number of rotatable bonds is 7. The van der Waals surface area contributed by atoms with Crippen molar-refractivity contribution in [2.24, 2.45) is 5.41 Å². The van der Waals surface area contributed by atoms with E-state index in [-0.39, 0.29) is 11.0 Å². The van der Waals surface area contributed by atoms with Gasteiger partial charge in [0.05, 0.1) is 0 Å². The van der Waals surface area contributed by atoms with Crippen LogP contribution in [0.1, 0.15) is 45.1 Å². The van der Waals surface area contributed by atoms with Crippen molar-refractivity contribution in [3.63, 3.8) is 0 Å². The fraction of sp³-hybridized carbons (Fsp3) is 0.600. The van der Waals surface area contributed by atoms with E-state index in [1.165, 1.54) is 18.2 Å². The molecular formula is C15H21BrF2. The van der Waals surface area contributed by atoms with Crippen molar-refractivity contribution in [1.29, 1.82) is 0 Å². The summed E-state index contributed by atoms with van der Waals surface area (Å²) in [5.74, 6) is -0.851. The van der Waals surface area contributed by atoms with Crippen LogP contribution in [-0.2, 0) is 6.42 Å². The van der Waals surface area contributed by atoms with Gasteiger partial charge in [0.15, 0.2) is 0 Å². The summed E-state index contributed by atoms with van der Waals surface area (Å²) in [6.07, 6.45) is 4.59. The van der Waals surface area contributed by atoms with Gasteiger partial charge in [-0.3, -0.25) is 0 Å². The zero-order valence-corrected chi connectivity index (χ0v) is 12.7. The van der Waals surface area contributed by atoms with Crippen molar-refractivity contribution in [1.82, 2.24) is 0 Å². The Balaban J connectivity index is 2.95. The van der Waals surface area contributed by atoms with Gasteiger partial charge in [-0.15, -0.1) is 0 Å². The van der Waals surface area contributed by atoms with Gasteiger partial charge in [-0.05, 0) is 36.8 Å². The summed E-state index contributed by atoms with van der Waals surface area (Å²) in [5.41, 5.74) is 0.189. The number of benzene rings is 1. The number of unbranched alkanes of at least 4 members (excludes halogenated alkanes) is 1. The largest absolute Gasteiger partial charge is 0.207 e. The van der Waals surface area contributed by atoms with E-state index in [0.717, 1.165) is 31.0 Å². The van der Waals surface area contributed by atoms with Crippen LogP contribution < -0.4 is 0 Å². The maximum absolute atomic E-state index is 13.7. The zero-order chi connectivity index (χ0) is 13.6. The Kier molecular flexibility index (Phi) is 6.27. The second-order valence-corrected chi connectivity index (χ2v) is 5.53. The molecule has 0 bridgehead atoms. The topological polar surface area (TPSA) is 0 Å². The quantitative estimate of drug-likeness (QED) is 0.583. The Morgan fingerprint density at radius 2 is 1.78 bits per heavy atom. The van der Waals surface area contributed by atoms with E-state index in [9.17, 15) is 8.78 Å². The first-order chi connectivity index (χ1) is 8.58. The van der Waals surface area contributed by atoms with Crippen molar-refractivity contribution < 1.29 is 8.78 Å². The highest BCUT2D eigenvalue weighted by Crippen LogP contribution is 2.36. The van der Waals surface area contributed by atoms with E-state index in [1.54, 1.807) is 0 Å². The van der Waals surface area contributed by atoms with Gasteiger partial charge >= 0.3 is 0 Å². The van der Waals surface area contributed by atoms with E-state index in [2.05, 4.69) is 29.8 Å². The van der Waals surface area contributed by atoms with Crippen LogP contribution in [0.3, 0.4) is 0 Å². The molecule has 1 atom stereocenters. The summed E-state index contributed by atoms with van der Waals surface area (Å²) in [6.45, 7) is 4.23. The van der Waals surface area contributed by atoms with Gasteiger partial charge in [0.2, 0.25) is 0 Å². The highest BCUT2D eigenvalue weighted by Gasteiger charge is 2.29. The third-order valence-electron chi connectivity index (χ3n) is 3.71. The fourth-order valence-electron chi connectivity index (χ4n) is 2.23. The molecule has 0 aromatic heterocycles. The summed E-state index contributed by atoms with van der Waals surface area (Å²) < 4.78 is 27.4. The molecule has 102 valence electrons. The molecule has 0 aliphatic heterocycles. The van der Waals surface area contributed by atoms with E-state index < -0.39 is 11.6 Å². The minimum atomic E-state index is -0.426. The van der Waals surface area contributed by atoms with Gasteiger partial charge in [0, 0.05) is 10.9 Å². The third kappa shape index (κ3) is 3.78. The van der Waals surface area contributed by atoms with Crippen molar-refractivity contribution >= 4 is 15.9 Å². The van der Waals surface area contributed by atoms with Crippen LogP contribution in [0, 0.1) is 17.0 Å². The summed E-state index contributed by atoms with van der Waals surface area (Å²) in [4.78, 5) is 0. The SMILES string of the molecule is CCCCC(CC)(CBr)Cc1c(F)cccc1F. The maximum Gasteiger partial charge on any atom is 0.129 e. The fourth-order valence-corrected chi connectivity index (χ4v) is 3.10. The van der Waals surface area contributed by atoms with Crippen LogP contribution in [0.25, 0.3) is 0 Å². The van der Waals surface area contributed by atoms with E-state index in [1.807, 2.05) is 0 Å². The molecular weight excluding hydrogens is 298 g/mol. The Bertz CT molecular complexity index is 353. The molecule has 1 aromatic carbocycles. The highest BCUT2D eigenvalue weighted by atomic mass is 79.9. The van der Waals surface area contributed by atoms with Crippen molar-refractivity contribution in [2.45, 2.75) is 46.0 Å². The molecule has 0 spiro atoms. The Morgan fingerprint density at radius 1 is 1.17 bits per heavy atom. The molecule has 0 heterocycles. The van der Waals surface area contributed by atoms with E-state index in [4.69, 9.17) is 0 Å². The van der Waals surface area contributed by atoms with Crippen LogP contribution in [-0.4, -0.2) is 5.33 Å². The number of hydrogen-bond acceptors (Lipinski definition) is 0. The molecule has 0 saturated heterocycles. The monoisotopic (exact) mass is 318 g/mol. The molecule has 1 unspecified atom stereocenters. The third-order valence-corrected chi connectivity index (χ3v) is 4.90. The molecule has 3 heteroatoms. The average Bonchev–Trinajstić information content (AvgIpc) is 2.38. The van der Waals surface area contributed by atoms with Gasteiger partial charge in [-0.2, -0.15) is 0 Å². The van der Waals surface area contributed by atoms with Gasteiger partial charge in [0.1, 0.15) is 11.6 Å². The molecule has 0 nitrogen and oxygen atoms in total. The summed E-state index contributed by atoms with van der Waals surface area (Å²) in [5, 5.41) is 0.782. The lowest BCUT2D eigenvalue weighted by molar-refractivity contribution is 0.276. The summed E-state index contributed by atoms with van der Waals surface area (Å²) in [6, 6.07) is 4.10. The molecule has 0 saturated carbocycles. The lowest BCUT2D eigenvalue weighted by atomic mass is 9.77. The van der Waals surface area contributed by atoms with Gasteiger partial charge in [-0.1, -0.05) is 48.7 Å². The predicted molar refractivity (Wildman–Crippen MR) is 76.1 cm³/mol. The molecule has 1 rings (SSSR count). The normalized spacial score (nSPS) is 14.5. The zero-order valence-electron chi connectivity index (χ0n) is 11.1. The van der Waals surface area contributed by atoms with Gasteiger partial charge < -0.3 is 0 Å². The molecule has 0 fully saturated rings. The lowest BCUT2D eigenvalue weighted by Crippen LogP contribution is -2.26. The van der Waals surface area contributed by atoms with Crippen molar-refractivity contribution in [2.75, 3.05) is 5.33 Å². The minimum Gasteiger partial charge on any atom is -0.207 e. The van der Waals surface area contributed by atoms with Crippen LogP contribution >= 0.6 is 15.9 Å². The predicted octanol–water partition coefficient (Wildman–Crippen LogP) is 5.49. The first-order valence-electron chi connectivity index (χ1n) is 6.57. The molecule has 0 N–H and O–H groups in total. The maximum atomic E-state index is 13.7. The highest BCUT2D eigenvalue weighted by molar-refractivity contribution is 9.09. The van der Waals surface area contributed by atoms with Crippen LogP contribution in [0.5, 0.6) is 0 Å². The Hall–Kier alpha value is -0.440. The lowest BCUT2D eigenvalue weighted by Gasteiger charge is -2.31. The summed E-state index contributed by atoms with van der Waals surface area (Å²) in [7, 11) is 0. The van der Waals surface area contributed by atoms with Crippen LogP contribution in [0.4, 0.5) is 8.78 Å². The number of halogens is 3. The molecule has 0 aliphatic carbocycles. The van der Waals surface area contributed by atoms with E-state index in [0.29, 0.717) is 6.42 Å². The first-order valence-corrected chi connectivity index (χ1v) is 7.69. The summed E-state index contributed by atoms with van der Waals surface area (Å²) >= 11 is 3.53. The average molecular weight is 319 g/mol. The molecule has 1 aromatic rings. The molecule has 18 heavy (non-hydrogen) atoms.